The summed E-state index contributed by atoms with van der Waals surface area (Å²) in [6, 6.07) is 63.3. The van der Waals surface area contributed by atoms with Gasteiger partial charge in [0.2, 0.25) is 0 Å². The van der Waals surface area contributed by atoms with Crippen molar-refractivity contribution in [3.63, 3.8) is 0 Å². The number of furan rings is 1. The van der Waals surface area contributed by atoms with Gasteiger partial charge in [-0.3, -0.25) is 0 Å². The van der Waals surface area contributed by atoms with Gasteiger partial charge in [0.25, 0.3) is 0 Å². The molecule has 0 saturated heterocycles. The van der Waals surface area contributed by atoms with Crippen LogP contribution in [0.25, 0.3) is 94.0 Å². The van der Waals surface area contributed by atoms with Crippen molar-refractivity contribution in [1.29, 1.82) is 0 Å². The number of benzene rings is 8. The number of para-hydroxylation sites is 2. The minimum absolute atomic E-state index is 0. The first kappa shape index (κ1) is 47.9. The molecule has 0 aliphatic carbocycles. The normalized spacial score (nSPS) is 12.1. The Bertz CT molecular complexity index is 3620. The van der Waals surface area contributed by atoms with Gasteiger partial charge >= 0.3 is 201 Å². The van der Waals surface area contributed by atoms with Crippen molar-refractivity contribution in [2.45, 2.75) is 83.0 Å². The van der Waals surface area contributed by atoms with Crippen molar-refractivity contribution < 1.29 is 24.5 Å². The fraction of sp³-hybridized carbons (Fsp3) is 0.206. The van der Waals surface area contributed by atoms with E-state index in [0.29, 0.717) is 0 Å². The van der Waals surface area contributed by atoms with E-state index in [4.69, 9.17) is 9.40 Å². The van der Waals surface area contributed by atoms with E-state index >= 15 is 0 Å². The second-order valence-electron chi connectivity index (χ2n) is 20.9. The Labute approximate surface area is 423 Å². The Hall–Kier alpha value is -6.11. The van der Waals surface area contributed by atoms with E-state index < -0.39 is 13.3 Å². The molecule has 0 fully saturated rings. The van der Waals surface area contributed by atoms with Crippen LogP contribution in [0.3, 0.4) is 0 Å². The van der Waals surface area contributed by atoms with Crippen molar-refractivity contribution in [1.82, 2.24) is 14.5 Å². The van der Waals surface area contributed by atoms with Crippen LogP contribution in [0.5, 0.6) is 0 Å². The topological polar surface area (TPSA) is 43.9 Å². The summed E-state index contributed by atoms with van der Waals surface area (Å²) in [6.07, 6.45) is 1.87. The van der Waals surface area contributed by atoms with Crippen LogP contribution < -0.4 is 4.40 Å². The molecule has 0 unspecified atom stereocenters. The van der Waals surface area contributed by atoms with Crippen molar-refractivity contribution in [2.75, 3.05) is 0 Å². The molecule has 0 N–H and O–H groups in total. The molecule has 0 aliphatic heterocycles. The minimum atomic E-state index is -1.93. The van der Waals surface area contributed by atoms with Crippen LogP contribution in [0.15, 0.2) is 168 Å². The van der Waals surface area contributed by atoms with Gasteiger partial charge in [-0.25, -0.2) is 0 Å². The van der Waals surface area contributed by atoms with E-state index in [1.165, 1.54) is 59.4 Å². The van der Waals surface area contributed by atoms with Gasteiger partial charge in [0.1, 0.15) is 5.58 Å². The molecule has 0 amide bonds. The molecule has 0 aliphatic rings. The molecule has 1 radical (unpaired) electrons. The van der Waals surface area contributed by atoms with Crippen LogP contribution in [0.1, 0.15) is 77.0 Å². The molecule has 11 aromatic rings. The summed E-state index contributed by atoms with van der Waals surface area (Å²) in [5.74, 6) is 8.77. The van der Waals surface area contributed by atoms with Gasteiger partial charge in [-0.05, 0) is 56.4 Å². The summed E-state index contributed by atoms with van der Waals surface area (Å²) in [7, 11) is 0. The molecule has 3 heterocycles. The number of aromatic nitrogens is 3. The molecular weight excluding hydrogens is 1080 g/mol. The van der Waals surface area contributed by atoms with Crippen molar-refractivity contribution in [3.05, 3.63) is 193 Å². The number of hydrogen-bond donors (Lipinski definition) is 0. The van der Waals surface area contributed by atoms with Gasteiger partial charge in [0.05, 0.1) is 0 Å². The van der Waals surface area contributed by atoms with Crippen molar-refractivity contribution >= 4 is 72.2 Å². The summed E-state index contributed by atoms with van der Waals surface area (Å²) >= 11 is -1.93. The number of rotatable bonds is 7. The molecule has 6 heteroatoms. The summed E-state index contributed by atoms with van der Waals surface area (Å²) in [5.41, 5.74) is 14.4. The van der Waals surface area contributed by atoms with Gasteiger partial charge in [-0.15, -0.1) is 48.0 Å². The average molecular weight is 1140 g/mol. The Morgan fingerprint density at radius 1 is 0.609 bits per heavy atom. The van der Waals surface area contributed by atoms with Crippen molar-refractivity contribution in [3.8, 4) is 39.5 Å². The quantitative estimate of drug-likeness (QED) is 0.0907. The first-order chi connectivity index (χ1) is 32.6. The maximum Gasteiger partial charge on any atom is 0 e. The van der Waals surface area contributed by atoms with Gasteiger partial charge < -0.3 is 9.40 Å². The molecular formula is C63H59GeIrN3O-2. The summed E-state index contributed by atoms with van der Waals surface area (Å²) in [5, 5.41) is 7.03. The minimum Gasteiger partial charge on any atom is 0 e. The van der Waals surface area contributed by atoms with Crippen LogP contribution in [0.4, 0.5) is 0 Å². The zero-order valence-electron chi connectivity index (χ0n) is 41.3. The third-order valence-electron chi connectivity index (χ3n) is 13.4. The Kier molecular flexibility index (Phi) is 13.2. The largest absolute Gasteiger partial charge is 0 e. The second kappa shape index (κ2) is 19.0. The van der Waals surface area contributed by atoms with E-state index in [1.807, 2.05) is 36.5 Å². The maximum absolute atomic E-state index is 6.87. The van der Waals surface area contributed by atoms with Crippen LogP contribution in [-0.2, 0) is 25.5 Å². The number of fused-ring (bicyclic) bond motifs is 7. The van der Waals surface area contributed by atoms with Crippen molar-refractivity contribution in [2.24, 2.45) is 0 Å². The van der Waals surface area contributed by atoms with Crippen LogP contribution in [-0.4, -0.2) is 27.8 Å². The number of pyridine rings is 1. The molecule has 0 saturated carbocycles. The smallest absolute Gasteiger partial charge is 0 e. The monoisotopic (exact) mass is 1140 g/mol. The molecule has 4 nitrogen and oxygen atoms in total. The maximum atomic E-state index is 6.87. The predicted molar refractivity (Wildman–Crippen MR) is 291 cm³/mol. The van der Waals surface area contributed by atoms with E-state index in [9.17, 15) is 0 Å². The molecule has 0 atom stereocenters. The fourth-order valence-electron chi connectivity index (χ4n) is 9.57. The third kappa shape index (κ3) is 9.25. The Morgan fingerprint density at radius 3 is 2.00 bits per heavy atom. The van der Waals surface area contributed by atoms with Gasteiger partial charge in [0.15, 0.2) is 0 Å². The van der Waals surface area contributed by atoms with Crippen LogP contribution in [0, 0.1) is 12.1 Å². The van der Waals surface area contributed by atoms with Gasteiger partial charge in [-0.2, -0.15) is 0 Å². The first-order valence-electron chi connectivity index (χ1n) is 24.0. The zero-order chi connectivity index (χ0) is 47.5. The van der Waals surface area contributed by atoms with E-state index in [-0.39, 0.29) is 37.4 Å². The first-order valence-corrected chi connectivity index (χ1v) is 31.4. The average Bonchev–Trinajstić information content (AvgIpc) is 3.91. The number of hydrogen-bond acceptors (Lipinski definition) is 3. The molecule has 69 heavy (non-hydrogen) atoms. The fourth-order valence-corrected chi connectivity index (χ4v) is 12.0. The standard InChI is InChI=1S/C48H43GeN2O.C15H16N.Ir/c1-29(2)39-26-34(31-21-23-35(24-22-31)49(5,6)7)27-40(30(3)4)46(39)51-44-18-11-10-17-43(44)50-48(51)38-16-12-15-37-42-25-33-20-19-32-13-8-9-14-36(32)41(33)28-45(42)52-47(37)38;1-15(2,3)13-9-10-16-14(11-13)12-7-5-4-6-8-12;/h8-15,17-30H,1-7H3;4-7,9-11H,1-3H3;/q2*-1;. The summed E-state index contributed by atoms with van der Waals surface area (Å²) < 4.78 is 10.8. The molecule has 347 valence electrons. The Morgan fingerprint density at radius 2 is 1.30 bits per heavy atom. The zero-order valence-corrected chi connectivity index (χ0v) is 45.8. The third-order valence-corrected chi connectivity index (χ3v) is 17.7. The molecule has 11 rings (SSSR count). The van der Waals surface area contributed by atoms with Gasteiger partial charge in [-0.1, -0.05) is 74.7 Å². The molecule has 3 aromatic heterocycles. The van der Waals surface area contributed by atoms with Gasteiger partial charge in [0, 0.05) is 31.7 Å². The molecule has 0 spiro atoms. The van der Waals surface area contributed by atoms with Crippen LogP contribution >= 0.6 is 0 Å². The predicted octanol–water partition coefficient (Wildman–Crippen LogP) is 17.0. The van der Waals surface area contributed by atoms with E-state index in [2.05, 4.69) is 215 Å². The summed E-state index contributed by atoms with van der Waals surface area (Å²) in [4.78, 5) is 9.76. The molecule has 0 bridgehead atoms. The van der Waals surface area contributed by atoms with E-state index in [0.717, 1.165) is 55.6 Å². The Balaban J connectivity index is 0.000000296. The number of imidazole rings is 1. The summed E-state index contributed by atoms with van der Waals surface area (Å²) in [6.45, 7) is 15.9. The van der Waals surface area contributed by atoms with Crippen LogP contribution in [0.2, 0.25) is 17.3 Å². The second-order valence-corrected chi connectivity index (χ2v) is 31.6. The SMILES string of the molecule is CC(C)(C)c1ccnc(-c2[c-]cccc2)c1.CC(C)c1cc(-c2cc[c]([Ge]([CH3])([CH3])[CH3])cc2)cc(C(C)C)c1-n1c(-c2[c-]ccc3c2oc2cc4c(ccc5ccccc54)cc23)nc2ccccc21.[Ir]. The molecule has 8 aromatic carbocycles. The number of nitrogens with zero attached hydrogens (tertiary/aromatic N) is 3. The van der Waals surface area contributed by atoms with E-state index in [1.54, 1.807) is 0 Å².